The van der Waals surface area contributed by atoms with Crippen LogP contribution in [-0.4, -0.2) is 23.3 Å². The lowest BCUT2D eigenvalue weighted by Gasteiger charge is -2.03. The minimum absolute atomic E-state index is 0.0225. The maximum Gasteiger partial charge on any atom is 0.381 e. The molecule has 1 aromatic carbocycles. The van der Waals surface area contributed by atoms with E-state index in [0.29, 0.717) is 0 Å². The lowest BCUT2D eigenvalue weighted by atomic mass is 10.1. The van der Waals surface area contributed by atoms with Crippen molar-refractivity contribution in [2.45, 2.75) is 6.92 Å². The molecule has 2 aromatic rings. The van der Waals surface area contributed by atoms with Crippen LogP contribution in [0.25, 0.3) is 11.1 Å². The molecule has 1 heterocycles. The number of hydrogen-bond donors (Lipinski definition) is 0. The van der Waals surface area contributed by atoms with Crippen LogP contribution in [0.3, 0.4) is 0 Å². The van der Waals surface area contributed by atoms with Crippen molar-refractivity contribution in [3.05, 3.63) is 54.1 Å². The Morgan fingerprint density at radius 3 is 2.30 bits per heavy atom. The molecule has 0 amide bonds. The lowest BCUT2D eigenvalue weighted by Crippen LogP contribution is -2.18. The average molecular weight is 273 g/mol. The summed E-state index contributed by atoms with van der Waals surface area (Å²) >= 11 is 0. The number of ketones is 1. The van der Waals surface area contributed by atoms with Gasteiger partial charge in [0.25, 0.3) is 5.78 Å². The van der Waals surface area contributed by atoms with Crippen molar-refractivity contribution in [1.82, 2.24) is 4.98 Å². The van der Waals surface area contributed by atoms with Crippen molar-refractivity contribution in [3.8, 4) is 11.1 Å². The Balaban J connectivity index is 2.20. The first-order valence-corrected chi connectivity index (χ1v) is 6.05. The van der Waals surface area contributed by atoms with Crippen molar-refractivity contribution in [2.75, 3.05) is 6.61 Å². The number of hydrogen-bond acceptors (Lipinski definition) is 4. The highest BCUT2D eigenvalue weighted by Gasteiger charge is 2.18. The van der Waals surface area contributed by atoms with Crippen molar-refractivity contribution in [2.24, 2.45) is 0 Å². The fourth-order valence-corrected chi connectivity index (χ4v) is 1.64. The number of halogens is 1. The van der Waals surface area contributed by atoms with Crippen molar-refractivity contribution in [3.63, 3.8) is 0 Å². The van der Waals surface area contributed by atoms with Gasteiger partial charge in [0.2, 0.25) is 0 Å². The third-order valence-corrected chi connectivity index (χ3v) is 2.63. The predicted molar refractivity (Wildman–Crippen MR) is 70.6 cm³/mol. The van der Waals surface area contributed by atoms with Crippen LogP contribution in [0.5, 0.6) is 0 Å². The van der Waals surface area contributed by atoms with Gasteiger partial charge in [-0.1, -0.05) is 18.2 Å². The SMILES string of the molecule is CCOC(=O)C(=O)c1ccc(-c2ccc(F)cc2)cn1. The Kier molecular flexibility index (Phi) is 4.20. The van der Waals surface area contributed by atoms with E-state index in [1.54, 1.807) is 25.1 Å². The molecule has 5 heteroatoms. The normalized spacial score (nSPS) is 10.1. The van der Waals surface area contributed by atoms with Gasteiger partial charge < -0.3 is 4.74 Å². The van der Waals surface area contributed by atoms with Crippen LogP contribution in [0, 0.1) is 5.82 Å². The summed E-state index contributed by atoms with van der Waals surface area (Å²) in [5, 5.41) is 0. The second-order valence-electron chi connectivity index (χ2n) is 3.99. The minimum Gasteiger partial charge on any atom is -0.460 e. The van der Waals surface area contributed by atoms with Crippen molar-refractivity contribution in [1.29, 1.82) is 0 Å². The number of carbonyl (C=O) groups excluding carboxylic acids is 2. The molecule has 4 nitrogen and oxygen atoms in total. The summed E-state index contributed by atoms with van der Waals surface area (Å²) in [7, 11) is 0. The molecular formula is C15H12FNO3. The van der Waals surface area contributed by atoms with Gasteiger partial charge in [0, 0.05) is 11.8 Å². The fourth-order valence-electron chi connectivity index (χ4n) is 1.64. The molecule has 0 unspecified atom stereocenters. The van der Waals surface area contributed by atoms with E-state index in [4.69, 9.17) is 0 Å². The van der Waals surface area contributed by atoms with Gasteiger partial charge in [-0.25, -0.2) is 9.18 Å². The Labute approximate surface area is 115 Å². The topological polar surface area (TPSA) is 56.3 Å². The zero-order chi connectivity index (χ0) is 14.5. The smallest absolute Gasteiger partial charge is 0.381 e. The van der Waals surface area contributed by atoms with E-state index in [1.165, 1.54) is 24.4 Å². The van der Waals surface area contributed by atoms with Crippen molar-refractivity contribution >= 4 is 11.8 Å². The molecule has 0 saturated carbocycles. The number of rotatable bonds is 4. The highest BCUT2D eigenvalue weighted by molar-refractivity contribution is 6.40. The number of benzene rings is 1. The lowest BCUT2D eigenvalue weighted by molar-refractivity contribution is -0.137. The van der Waals surface area contributed by atoms with Crippen LogP contribution in [0.2, 0.25) is 0 Å². The van der Waals surface area contributed by atoms with Gasteiger partial charge >= 0.3 is 5.97 Å². The van der Waals surface area contributed by atoms with Crippen LogP contribution in [0.1, 0.15) is 17.4 Å². The summed E-state index contributed by atoms with van der Waals surface area (Å²) in [6.07, 6.45) is 1.46. The Morgan fingerprint density at radius 2 is 1.75 bits per heavy atom. The zero-order valence-corrected chi connectivity index (χ0v) is 10.8. The monoisotopic (exact) mass is 273 g/mol. The van der Waals surface area contributed by atoms with Gasteiger partial charge in [0.15, 0.2) is 0 Å². The second kappa shape index (κ2) is 6.06. The Bertz CT molecular complexity index is 621. The number of ether oxygens (including phenoxy) is 1. The fraction of sp³-hybridized carbons (Fsp3) is 0.133. The van der Waals surface area contributed by atoms with Crippen LogP contribution in [0.15, 0.2) is 42.6 Å². The van der Waals surface area contributed by atoms with Crippen molar-refractivity contribution < 1.29 is 18.7 Å². The zero-order valence-electron chi connectivity index (χ0n) is 10.8. The first kappa shape index (κ1) is 13.9. The second-order valence-corrected chi connectivity index (χ2v) is 3.99. The molecule has 2 rings (SSSR count). The van der Waals surface area contributed by atoms with E-state index in [9.17, 15) is 14.0 Å². The van der Waals surface area contributed by atoms with E-state index in [0.717, 1.165) is 11.1 Å². The van der Waals surface area contributed by atoms with E-state index >= 15 is 0 Å². The molecule has 0 aliphatic rings. The molecule has 20 heavy (non-hydrogen) atoms. The molecule has 0 spiro atoms. The van der Waals surface area contributed by atoms with Gasteiger partial charge in [-0.05, 0) is 30.7 Å². The van der Waals surface area contributed by atoms with Gasteiger partial charge in [-0.2, -0.15) is 0 Å². The van der Waals surface area contributed by atoms with E-state index < -0.39 is 11.8 Å². The summed E-state index contributed by atoms with van der Waals surface area (Å²) in [5.74, 6) is -2.03. The molecule has 0 radical (unpaired) electrons. The first-order valence-electron chi connectivity index (χ1n) is 6.05. The average Bonchev–Trinajstić information content (AvgIpc) is 2.48. The number of esters is 1. The summed E-state index contributed by atoms with van der Waals surface area (Å²) in [5.41, 5.74) is 1.52. The quantitative estimate of drug-likeness (QED) is 0.488. The molecule has 1 aromatic heterocycles. The van der Waals surface area contributed by atoms with Crippen LogP contribution in [0.4, 0.5) is 4.39 Å². The summed E-state index contributed by atoms with van der Waals surface area (Å²) in [6, 6.07) is 8.99. The molecule has 0 aliphatic carbocycles. The summed E-state index contributed by atoms with van der Waals surface area (Å²) < 4.78 is 17.4. The maximum atomic E-state index is 12.8. The van der Waals surface area contributed by atoms with E-state index in [1.807, 2.05) is 0 Å². The molecule has 102 valence electrons. The first-order chi connectivity index (χ1) is 9.61. The molecular weight excluding hydrogens is 261 g/mol. The number of pyridine rings is 1. The van der Waals surface area contributed by atoms with Gasteiger partial charge in [0.1, 0.15) is 11.5 Å². The van der Waals surface area contributed by atoms with Gasteiger partial charge in [-0.3, -0.25) is 9.78 Å². The summed E-state index contributed by atoms with van der Waals surface area (Å²) in [6.45, 7) is 1.76. The highest BCUT2D eigenvalue weighted by Crippen LogP contribution is 2.18. The molecule has 0 atom stereocenters. The van der Waals surface area contributed by atoms with E-state index in [-0.39, 0.29) is 18.1 Å². The van der Waals surface area contributed by atoms with Gasteiger partial charge in [-0.15, -0.1) is 0 Å². The van der Waals surface area contributed by atoms with Gasteiger partial charge in [0.05, 0.1) is 6.61 Å². The molecule has 0 bridgehead atoms. The molecule has 0 fully saturated rings. The standard InChI is InChI=1S/C15H12FNO3/c1-2-20-15(19)14(18)13-8-5-11(9-17-13)10-3-6-12(16)7-4-10/h3-9H,2H2,1H3. The third kappa shape index (κ3) is 3.06. The predicted octanol–water partition coefficient (Wildman–Crippen LogP) is 2.63. The number of aromatic nitrogens is 1. The number of carbonyl (C=O) groups is 2. The third-order valence-electron chi connectivity index (χ3n) is 2.63. The molecule has 0 N–H and O–H groups in total. The Hall–Kier alpha value is -2.56. The van der Waals surface area contributed by atoms with Crippen LogP contribution in [-0.2, 0) is 9.53 Å². The number of nitrogens with zero attached hydrogens (tertiary/aromatic N) is 1. The Morgan fingerprint density at radius 1 is 1.10 bits per heavy atom. The number of Topliss-reactive ketones (excluding diaryl/α,β-unsaturated/α-hetero) is 1. The maximum absolute atomic E-state index is 12.8. The van der Waals surface area contributed by atoms with Crippen LogP contribution < -0.4 is 0 Å². The highest BCUT2D eigenvalue weighted by atomic mass is 19.1. The molecule has 0 aliphatic heterocycles. The van der Waals surface area contributed by atoms with Crippen LogP contribution >= 0.6 is 0 Å². The summed E-state index contributed by atoms with van der Waals surface area (Å²) in [4.78, 5) is 26.9. The largest absolute Gasteiger partial charge is 0.460 e. The molecule has 0 saturated heterocycles. The minimum atomic E-state index is -0.922. The van der Waals surface area contributed by atoms with E-state index in [2.05, 4.69) is 9.72 Å².